The Labute approximate surface area is 214 Å². The number of hydrogen-bond donors (Lipinski definition) is 0. The van der Waals surface area contributed by atoms with Crippen LogP contribution in [0.3, 0.4) is 0 Å². The van der Waals surface area contributed by atoms with Crippen LogP contribution >= 0.6 is 0 Å². The van der Waals surface area contributed by atoms with Crippen LogP contribution in [-0.2, 0) is 5.54 Å². The van der Waals surface area contributed by atoms with E-state index in [4.69, 9.17) is 4.74 Å². The van der Waals surface area contributed by atoms with E-state index in [1.165, 1.54) is 45.0 Å². The molecule has 3 aliphatic rings. The molecule has 0 bridgehead atoms. The summed E-state index contributed by atoms with van der Waals surface area (Å²) in [7, 11) is 0. The standard InChI is InChI=1S/C33H23N3O/c1-20-10-7-11-21(2)29(20)35-26-16-9-18-28-31(26)36-30-24(14-8-17-27(30)37-28)33(32(35)36)23-13-4-3-12-22(23)25-15-5-6-19-34(25)33/h3-19H,1-2H3/q+2. The maximum absolute atomic E-state index is 6.61. The molecule has 0 radical (unpaired) electrons. The fourth-order valence-electron chi connectivity index (χ4n) is 7.22. The van der Waals surface area contributed by atoms with Crippen molar-refractivity contribution in [2.45, 2.75) is 19.4 Å². The van der Waals surface area contributed by atoms with E-state index in [2.05, 4.69) is 131 Å². The van der Waals surface area contributed by atoms with E-state index in [1.807, 2.05) is 0 Å². The smallest absolute Gasteiger partial charge is 0.352 e. The zero-order valence-corrected chi connectivity index (χ0v) is 20.6. The lowest BCUT2D eigenvalue weighted by atomic mass is 9.82. The van der Waals surface area contributed by atoms with Crippen LogP contribution in [0.5, 0.6) is 11.5 Å². The molecule has 0 aliphatic carbocycles. The van der Waals surface area contributed by atoms with Crippen LogP contribution in [0, 0.1) is 13.8 Å². The average Bonchev–Trinajstić information content (AvgIpc) is 3.52. The van der Waals surface area contributed by atoms with E-state index in [0.29, 0.717) is 0 Å². The predicted molar refractivity (Wildman–Crippen MR) is 142 cm³/mol. The van der Waals surface area contributed by atoms with Crippen molar-refractivity contribution in [1.82, 2.24) is 4.57 Å². The van der Waals surface area contributed by atoms with Gasteiger partial charge in [-0.15, -0.1) is 0 Å². The molecule has 4 nitrogen and oxygen atoms in total. The third-order valence-electron chi connectivity index (χ3n) is 8.50. The molecular formula is C33H23N3O+2. The van der Waals surface area contributed by atoms with Crippen LogP contribution in [0.1, 0.15) is 28.1 Å². The Bertz CT molecular complexity index is 1930. The van der Waals surface area contributed by atoms with Crippen molar-refractivity contribution >= 4 is 11.0 Å². The molecule has 3 aliphatic heterocycles. The summed E-state index contributed by atoms with van der Waals surface area (Å²) >= 11 is 0. The molecule has 4 heteroatoms. The molecule has 0 fully saturated rings. The molecule has 9 rings (SSSR count). The molecular weight excluding hydrogens is 454 g/mol. The molecule has 6 aromatic rings. The zero-order chi connectivity index (χ0) is 24.5. The minimum Gasteiger partial charge on any atom is -0.448 e. The van der Waals surface area contributed by atoms with Gasteiger partial charge in [0, 0.05) is 12.1 Å². The molecule has 5 heterocycles. The number of para-hydroxylation sites is 3. The third-order valence-corrected chi connectivity index (χ3v) is 8.50. The number of rotatable bonds is 1. The Kier molecular flexibility index (Phi) is 3.34. The number of ether oxygens (including phenoxy) is 1. The number of hydrogen-bond acceptors (Lipinski definition) is 1. The Morgan fingerprint density at radius 1 is 0.703 bits per heavy atom. The number of pyridine rings is 1. The number of nitrogens with zero attached hydrogens (tertiary/aromatic N) is 3. The number of imidazole rings is 1. The van der Waals surface area contributed by atoms with E-state index in [0.717, 1.165) is 28.2 Å². The maximum Gasteiger partial charge on any atom is 0.352 e. The quantitative estimate of drug-likeness (QED) is 0.264. The topological polar surface area (TPSA) is 21.9 Å². The third kappa shape index (κ3) is 2.02. The highest BCUT2D eigenvalue weighted by Gasteiger charge is 2.69. The molecule has 174 valence electrons. The lowest BCUT2D eigenvalue weighted by Crippen LogP contribution is -2.57. The Hall–Kier alpha value is -4.70. The summed E-state index contributed by atoms with van der Waals surface area (Å²) in [5, 5.41) is 0. The molecule has 1 spiro atoms. The van der Waals surface area contributed by atoms with Gasteiger partial charge in [0.1, 0.15) is 5.69 Å². The van der Waals surface area contributed by atoms with Crippen molar-refractivity contribution in [2.75, 3.05) is 0 Å². The summed E-state index contributed by atoms with van der Waals surface area (Å²) in [6.45, 7) is 4.43. The van der Waals surface area contributed by atoms with Gasteiger partial charge in [0.2, 0.25) is 11.2 Å². The second kappa shape index (κ2) is 6.34. The van der Waals surface area contributed by atoms with Crippen LogP contribution in [0.15, 0.2) is 103 Å². The fraction of sp³-hybridized carbons (Fsp3) is 0.0909. The summed E-state index contributed by atoms with van der Waals surface area (Å²) in [5.41, 5.74) is 11.7. The van der Waals surface area contributed by atoms with Crippen molar-refractivity contribution in [3.8, 4) is 34.1 Å². The van der Waals surface area contributed by atoms with Gasteiger partial charge in [0.25, 0.3) is 0 Å². The van der Waals surface area contributed by atoms with Crippen LogP contribution < -0.4 is 13.9 Å². The van der Waals surface area contributed by atoms with E-state index in [9.17, 15) is 0 Å². The zero-order valence-electron chi connectivity index (χ0n) is 20.6. The number of aryl methyl sites for hydroxylation is 2. The van der Waals surface area contributed by atoms with Crippen LogP contribution in [0.4, 0.5) is 0 Å². The van der Waals surface area contributed by atoms with Gasteiger partial charge >= 0.3 is 11.4 Å². The normalized spacial score (nSPS) is 17.2. The van der Waals surface area contributed by atoms with E-state index < -0.39 is 5.54 Å². The minimum atomic E-state index is -0.544. The van der Waals surface area contributed by atoms with Gasteiger partial charge in [0.05, 0.1) is 16.7 Å². The van der Waals surface area contributed by atoms with Gasteiger partial charge in [0.15, 0.2) is 28.9 Å². The van der Waals surface area contributed by atoms with Gasteiger partial charge in [-0.2, -0.15) is 13.7 Å². The molecule has 0 amide bonds. The van der Waals surface area contributed by atoms with Gasteiger partial charge in [-0.3, -0.25) is 0 Å². The van der Waals surface area contributed by atoms with Crippen molar-refractivity contribution in [3.05, 3.63) is 131 Å². The molecule has 0 saturated heterocycles. The molecule has 4 aromatic carbocycles. The van der Waals surface area contributed by atoms with E-state index >= 15 is 0 Å². The second-order valence-electron chi connectivity index (χ2n) is 10.3. The van der Waals surface area contributed by atoms with E-state index in [1.54, 1.807) is 0 Å². The molecule has 0 N–H and O–H groups in total. The van der Waals surface area contributed by atoms with Gasteiger partial charge < -0.3 is 4.74 Å². The first-order chi connectivity index (χ1) is 18.2. The molecule has 0 saturated carbocycles. The highest BCUT2D eigenvalue weighted by molar-refractivity contribution is 5.87. The van der Waals surface area contributed by atoms with Crippen molar-refractivity contribution in [2.24, 2.45) is 0 Å². The molecule has 37 heavy (non-hydrogen) atoms. The highest BCUT2D eigenvalue weighted by Crippen LogP contribution is 2.55. The Morgan fingerprint density at radius 2 is 1.43 bits per heavy atom. The van der Waals surface area contributed by atoms with Gasteiger partial charge in [-0.25, -0.2) is 0 Å². The van der Waals surface area contributed by atoms with Crippen LogP contribution in [-0.4, -0.2) is 4.57 Å². The summed E-state index contributed by atoms with van der Waals surface area (Å²) in [4.78, 5) is 0. The van der Waals surface area contributed by atoms with Crippen LogP contribution in [0.25, 0.3) is 33.7 Å². The lowest BCUT2D eigenvalue weighted by Gasteiger charge is -2.21. The van der Waals surface area contributed by atoms with Gasteiger partial charge in [-0.1, -0.05) is 48.5 Å². The number of fused-ring (bicyclic) bond motifs is 7. The molecule has 1 unspecified atom stereocenters. The molecule has 2 aromatic heterocycles. The first-order valence-electron chi connectivity index (χ1n) is 12.8. The minimum absolute atomic E-state index is 0.544. The Balaban J connectivity index is 1.61. The summed E-state index contributed by atoms with van der Waals surface area (Å²) in [6, 6.07) is 35.0. The van der Waals surface area contributed by atoms with Crippen molar-refractivity contribution in [1.29, 1.82) is 0 Å². The second-order valence-corrected chi connectivity index (χ2v) is 10.3. The highest BCUT2D eigenvalue weighted by atomic mass is 16.5. The molecule has 1 atom stereocenters. The first kappa shape index (κ1) is 19.5. The SMILES string of the molecule is Cc1cccc(C)c1-n1c2[n+]3c4c(cccc41)Oc1cccc(c1-3)C21c2ccccc2-c2cccc[n+]21. The fourth-order valence-corrected chi connectivity index (χ4v) is 7.22. The van der Waals surface area contributed by atoms with Crippen molar-refractivity contribution in [3.63, 3.8) is 0 Å². The summed E-state index contributed by atoms with van der Waals surface area (Å²) in [6.07, 6.45) is 2.24. The predicted octanol–water partition coefficient (Wildman–Crippen LogP) is 6.05. The maximum atomic E-state index is 6.61. The largest absolute Gasteiger partial charge is 0.448 e. The first-order valence-corrected chi connectivity index (χ1v) is 12.8. The Morgan fingerprint density at radius 3 is 2.32 bits per heavy atom. The van der Waals surface area contributed by atoms with Crippen molar-refractivity contribution < 1.29 is 13.9 Å². The van der Waals surface area contributed by atoms with Crippen LogP contribution in [0.2, 0.25) is 0 Å². The number of aromatic nitrogens is 3. The average molecular weight is 478 g/mol. The lowest BCUT2D eigenvalue weighted by molar-refractivity contribution is -0.733. The monoisotopic (exact) mass is 477 g/mol. The van der Waals surface area contributed by atoms with Gasteiger partial charge in [-0.05, 0) is 61.4 Å². The summed E-state index contributed by atoms with van der Waals surface area (Å²) < 4.78 is 14.1. The number of benzene rings is 4. The summed E-state index contributed by atoms with van der Waals surface area (Å²) in [5.74, 6) is 3.03. The van der Waals surface area contributed by atoms with E-state index in [-0.39, 0.29) is 0 Å².